The molecule has 0 aliphatic heterocycles. The summed E-state index contributed by atoms with van der Waals surface area (Å²) in [4.78, 5) is 8.29. The molecule has 14 heavy (non-hydrogen) atoms. The molecule has 0 amide bonds. The normalized spacial score (nSPS) is 17.5. The lowest BCUT2D eigenvalue weighted by atomic mass is 10.4. The molecule has 2 N–H and O–H groups in total. The smallest absolute Gasteiger partial charge is 0.221 e. The SMILES string of the molecule is Cc1cc(SC2CCCC2)nc(N)n1. The molecule has 1 aromatic rings. The number of thioether (sulfide) groups is 1. The number of hydrogen-bond donors (Lipinski definition) is 1. The number of hydrogen-bond acceptors (Lipinski definition) is 4. The van der Waals surface area contributed by atoms with Gasteiger partial charge in [0.2, 0.25) is 5.95 Å². The molecule has 1 aliphatic carbocycles. The van der Waals surface area contributed by atoms with Gasteiger partial charge in [-0.05, 0) is 25.8 Å². The van der Waals surface area contributed by atoms with E-state index < -0.39 is 0 Å². The van der Waals surface area contributed by atoms with Gasteiger partial charge in [-0.25, -0.2) is 9.97 Å². The highest BCUT2D eigenvalue weighted by Crippen LogP contribution is 2.33. The zero-order valence-electron chi connectivity index (χ0n) is 8.36. The summed E-state index contributed by atoms with van der Waals surface area (Å²) in [5.41, 5.74) is 6.55. The summed E-state index contributed by atoms with van der Waals surface area (Å²) in [6.45, 7) is 1.96. The molecule has 0 aromatic carbocycles. The maximum absolute atomic E-state index is 5.60. The molecule has 76 valence electrons. The van der Waals surface area contributed by atoms with Crippen LogP contribution in [-0.4, -0.2) is 15.2 Å². The summed E-state index contributed by atoms with van der Waals surface area (Å²) < 4.78 is 0. The van der Waals surface area contributed by atoms with E-state index in [4.69, 9.17) is 5.73 Å². The Bertz CT molecular complexity index is 301. The fourth-order valence-electron chi connectivity index (χ4n) is 1.80. The Hall–Kier alpha value is -0.770. The Balaban J connectivity index is 2.07. The average molecular weight is 209 g/mol. The summed E-state index contributed by atoms with van der Waals surface area (Å²) >= 11 is 1.85. The molecule has 1 aliphatic rings. The van der Waals surface area contributed by atoms with Gasteiger partial charge in [0.05, 0.1) is 0 Å². The Morgan fingerprint density at radius 2 is 2.07 bits per heavy atom. The van der Waals surface area contributed by atoms with Gasteiger partial charge in [-0.1, -0.05) is 12.8 Å². The molecular weight excluding hydrogens is 194 g/mol. The Kier molecular flexibility index (Phi) is 2.91. The van der Waals surface area contributed by atoms with Crippen molar-refractivity contribution < 1.29 is 0 Å². The molecule has 4 heteroatoms. The van der Waals surface area contributed by atoms with E-state index in [0.29, 0.717) is 5.95 Å². The molecule has 1 saturated carbocycles. The molecule has 0 unspecified atom stereocenters. The number of nitrogen functional groups attached to an aromatic ring is 1. The second kappa shape index (κ2) is 4.17. The number of aromatic nitrogens is 2. The standard InChI is InChI=1S/C10H15N3S/c1-7-6-9(13-10(11)12-7)14-8-4-2-3-5-8/h6,8H,2-5H2,1H3,(H2,11,12,13). The quantitative estimate of drug-likeness (QED) is 0.760. The highest BCUT2D eigenvalue weighted by atomic mass is 32.2. The van der Waals surface area contributed by atoms with Crippen molar-refractivity contribution >= 4 is 17.7 Å². The Labute approximate surface area is 88.5 Å². The van der Waals surface area contributed by atoms with Crippen LogP contribution < -0.4 is 5.73 Å². The largest absolute Gasteiger partial charge is 0.368 e. The van der Waals surface area contributed by atoms with Crippen LogP contribution in [0.3, 0.4) is 0 Å². The van der Waals surface area contributed by atoms with Crippen LogP contribution in [0, 0.1) is 6.92 Å². The number of aryl methyl sites for hydroxylation is 1. The maximum atomic E-state index is 5.60. The van der Waals surface area contributed by atoms with Crippen LogP contribution in [0.4, 0.5) is 5.95 Å². The van der Waals surface area contributed by atoms with Crippen LogP contribution in [0.2, 0.25) is 0 Å². The minimum Gasteiger partial charge on any atom is -0.368 e. The van der Waals surface area contributed by atoms with E-state index in [1.54, 1.807) is 0 Å². The third-order valence-corrected chi connectivity index (χ3v) is 3.69. The summed E-state index contributed by atoms with van der Waals surface area (Å²) in [6.07, 6.45) is 5.34. The molecule has 1 fully saturated rings. The minimum atomic E-state index is 0.394. The molecule has 1 aromatic heterocycles. The third kappa shape index (κ3) is 2.38. The van der Waals surface area contributed by atoms with Crippen LogP contribution in [0.15, 0.2) is 11.1 Å². The van der Waals surface area contributed by atoms with Crippen molar-refractivity contribution in [2.24, 2.45) is 0 Å². The second-order valence-corrected chi connectivity index (χ2v) is 5.05. The van der Waals surface area contributed by atoms with E-state index in [-0.39, 0.29) is 0 Å². The van der Waals surface area contributed by atoms with E-state index in [0.717, 1.165) is 16.0 Å². The minimum absolute atomic E-state index is 0.394. The number of anilines is 1. The van der Waals surface area contributed by atoms with Gasteiger partial charge in [0.15, 0.2) is 0 Å². The van der Waals surface area contributed by atoms with Crippen molar-refractivity contribution in [1.29, 1.82) is 0 Å². The van der Waals surface area contributed by atoms with Gasteiger partial charge in [0, 0.05) is 10.9 Å². The van der Waals surface area contributed by atoms with E-state index in [2.05, 4.69) is 9.97 Å². The van der Waals surface area contributed by atoms with Gasteiger partial charge >= 0.3 is 0 Å². The number of rotatable bonds is 2. The molecule has 2 rings (SSSR count). The monoisotopic (exact) mass is 209 g/mol. The predicted octanol–water partition coefficient (Wildman–Crippen LogP) is 2.40. The topological polar surface area (TPSA) is 51.8 Å². The van der Waals surface area contributed by atoms with Crippen molar-refractivity contribution in [2.45, 2.75) is 42.9 Å². The third-order valence-electron chi connectivity index (χ3n) is 2.44. The van der Waals surface area contributed by atoms with E-state index >= 15 is 0 Å². The highest BCUT2D eigenvalue weighted by Gasteiger charge is 2.17. The highest BCUT2D eigenvalue weighted by molar-refractivity contribution is 7.99. The lowest BCUT2D eigenvalue weighted by molar-refractivity contribution is 0.886. The average Bonchev–Trinajstić information content (AvgIpc) is 2.54. The zero-order chi connectivity index (χ0) is 9.97. The second-order valence-electron chi connectivity index (χ2n) is 3.73. The van der Waals surface area contributed by atoms with Gasteiger partial charge in [0.25, 0.3) is 0 Å². The maximum Gasteiger partial charge on any atom is 0.221 e. The lowest BCUT2D eigenvalue weighted by Crippen LogP contribution is -2.00. The van der Waals surface area contributed by atoms with Gasteiger partial charge in [-0.2, -0.15) is 0 Å². The molecule has 0 radical (unpaired) electrons. The van der Waals surface area contributed by atoms with Crippen LogP contribution in [-0.2, 0) is 0 Å². The van der Waals surface area contributed by atoms with E-state index in [1.807, 2.05) is 24.8 Å². The van der Waals surface area contributed by atoms with Gasteiger partial charge in [0.1, 0.15) is 5.03 Å². The first kappa shape index (κ1) is 9.77. The lowest BCUT2D eigenvalue weighted by Gasteiger charge is -2.08. The van der Waals surface area contributed by atoms with Crippen LogP contribution >= 0.6 is 11.8 Å². The van der Waals surface area contributed by atoms with Crippen molar-refractivity contribution in [3.63, 3.8) is 0 Å². The summed E-state index contributed by atoms with van der Waals surface area (Å²) in [6, 6.07) is 2.01. The summed E-state index contributed by atoms with van der Waals surface area (Å²) in [5, 5.41) is 1.77. The zero-order valence-corrected chi connectivity index (χ0v) is 9.18. The summed E-state index contributed by atoms with van der Waals surface area (Å²) in [5.74, 6) is 0.394. The summed E-state index contributed by atoms with van der Waals surface area (Å²) in [7, 11) is 0. The van der Waals surface area contributed by atoms with Crippen molar-refractivity contribution in [3.8, 4) is 0 Å². The fraction of sp³-hybridized carbons (Fsp3) is 0.600. The molecular formula is C10H15N3S. The van der Waals surface area contributed by atoms with Crippen LogP contribution in [0.1, 0.15) is 31.4 Å². The van der Waals surface area contributed by atoms with Gasteiger partial charge < -0.3 is 5.73 Å². The molecule has 3 nitrogen and oxygen atoms in total. The van der Waals surface area contributed by atoms with Gasteiger partial charge in [-0.3, -0.25) is 0 Å². The molecule has 0 bridgehead atoms. The van der Waals surface area contributed by atoms with Crippen molar-refractivity contribution in [2.75, 3.05) is 5.73 Å². The first-order valence-corrected chi connectivity index (χ1v) is 5.90. The number of nitrogens with two attached hydrogens (primary N) is 1. The van der Waals surface area contributed by atoms with Crippen molar-refractivity contribution in [1.82, 2.24) is 9.97 Å². The predicted molar refractivity (Wildman–Crippen MR) is 59.3 cm³/mol. The molecule has 1 heterocycles. The first-order valence-electron chi connectivity index (χ1n) is 5.02. The van der Waals surface area contributed by atoms with Crippen molar-refractivity contribution in [3.05, 3.63) is 11.8 Å². The Morgan fingerprint density at radius 3 is 2.71 bits per heavy atom. The van der Waals surface area contributed by atoms with Crippen LogP contribution in [0.5, 0.6) is 0 Å². The van der Waals surface area contributed by atoms with Crippen LogP contribution in [0.25, 0.3) is 0 Å². The van der Waals surface area contributed by atoms with E-state index in [9.17, 15) is 0 Å². The van der Waals surface area contributed by atoms with E-state index in [1.165, 1.54) is 25.7 Å². The molecule has 0 atom stereocenters. The first-order chi connectivity index (χ1) is 6.74. The molecule has 0 saturated heterocycles. The Morgan fingerprint density at radius 1 is 1.36 bits per heavy atom. The fourth-order valence-corrected chi connectivity index (χ4v) is 3.09. The number of nitrogens with zero attached hydrogens (tertiary/aromatic N) is 2. The molecule has 0 spiro atoms. The van der Waals surface area contributed by atoms with Gasteiger partial charge in [-0.15, -0.1) is 11.8 Å².